The van der Waals surface area contributed by atoms with Crippen LogP contribution in [0.15, 0.2) is 23.2 Å². The zero-order valence-electron chi connectivity index (χ0n) is 16.6. The van der Waals surface area contributed by atoms with Crippen LogP contribution in [0.1, 0.15) is 18.9 Å². The second-order valence-corrected chi connectivity index (χ2v) is 6.62. The van der Waals surface area contributed by atoms with E-state index in [0.717, 1.165) is 5.56 Å². The first kappa shape index (κ1) is 25.3. The van der Waals surface area contributed by atoms with E-state index >= 15 is 0 Å². The highest BCUT2D eigenvalue weighted by atomic mass is 127. The highest BCUT2D eigenvalue weighted by Crippen LogP contribution is 2.25. The third-order valence-corrected chi connectivity index (χ3v) is 4.27. The van der Waals surface area contributed by atoms with E-state index in [1.165, 1.54) is 18.9 Å². The molecule has 1 unspecified atom stereocenters. The van der Waals surface area contributed by atoms with Crippen molar-refractivity contribution < 1.29 is 22.7 Å². The Morgan fingerprint density at radius 1 is 1.38 bits per heavy atom. The lowest BCUT2D eigenvalue weighted by atomic mass is 10.2. The van der Waals surface area contributed by atoms with Crippen LogP contribution >= 0.6 is 24.0 Å². The monoisotopic (exact) mass is 529 g/mol. The van der Waals surface area contributed by atoms with Crippen LogP contribution in [0.5, 0.6) is 5.75 Å². The van der Waals surface area contributed by atoms with Crippen molar-refractivity contribution in [2.24, 2.45) is 4.99 Å². The number of likely N-dealkylation sites (tertiary alicyclic amines) is 1. The molecule has 1 saturated heterocycles. The number of halogens is 4. The first-order valence-electron chi connectivity index (χ1n) is 8.91. The Morgan fingerprint density at radius 3 is 2.69 bits per heavy atom. The molecule has 0 aromatic heterocycles. The Morgan fingerprint density at radius 2 is 2.10 bits per heavy atom. The number of carbonyl (C=O) groups is 1. The van der Waals surface area contributed by atoms with E-state index < -0.39 is 12.7 Å². The lowest BCUT2D eigenvalue weighted by Gasteiger charge is -2.20. The van der Waals surface area contributed by atoms with E-state index in [0.29, 0.717) is 43.5 Å². The maximum absolute atomic E-state index is 12.5. The number of amides is 1. The highest BCUT2D eigenvalue weighted by Gasteiger charge is 2.34. The zero-order valence-corrected chi connectivity index (χ0v) is 18.9. The smallest absolute Gasteiger partial charge is 0.401 e. The fourth-order valence-corrected chi connectivity index (χ4v) is 3.07. The van der Waals surface area contributed by atoms with Crippen molar-refractivity contribution in [3.63, 3.8) is 0 Å². The molecule has 1 aromatic rings. The maximum Gasteiger partial charge on any atom is 0.401 e. The minimum absolute atomic E-state index is 0. The molecule has 7 nitrogen and oxygen atoms in total. The molecule has 3 N–H and O–H groups in total. The number of ether oxygens (including phenoxy) is 1. The molecule has 164 valence electrons. The lowest BCUT2D eigenvalue weighted by Crippen LogP contribution is -2.44. The Balaban J connectivity index is 0.00000420. The number of hydrogen-bond acceptors (Lipinski definition) is 4. The maximum atomic E-state index is 12.5. The Hall–Kier alpha value is -1.76. The number of benzene rings is 1. The number of methoxy groups -OCH3 is 1. The van der Waals surface area contributed by atoms with Gasteiger partial charge in [-0.1, -0.05) is 6.07 Å². The zero-order chi connectivity index (χ0) is 20.7. The van der Waals surface area contributed by atoms with E-state index in [4.69, 9.17) is 4.74 Å². The molecule has 1 atom stereocenters. The van der Waals surface area contributed by atoms with Gasteiger partial charge in [0.2, 0.25) is 5.91 Å². The predicted molar refractivity (Wildman–Crippen MR) is 117 cm³/mol. The van der Waals surface area contributed by atoms with Gasteiger partial charge in [-0.3, -0.25) is 14.7 Å². The van der Waals surface area contributed by atoms with Gasteiger partial charge in [-0.15, -0.1) is 24.0 Å². The molecule has 2 rings (SSSR count). The lowest BCUT2D eigenvalue weighted by molar-refractivity contribution is -0.143. The van der Waals surface area contributed by atoms with Gasteiger partial charge in [0.1, 0.15) is 5.75 Å². The van der Waals surface area contributed by atoms with Gasteiger partial charge in [0.05, 0.1) is 19.3 Å². The standard InChI is InChI=1S/C18H26F3N5O2.HI/c1-12(27)24-15-8-13(4-5-16(15)28-3)9-23-17(22-2)25-14-6-7-26(10-14)11-18(19,20)21;/h4-5,8,14H,6-7,9-11H2,1-3H3,(H,24,27)(H2,22,23,25);1H. The van der Waals surface area contributed by atoms with Crippen molar-refractivity contribution in [3.05, 3.63) is 23.8 Å². The molecule has 1 aromatic carbocycles. The molecule has 1 fully saturated rings. The second-order valence-electron chi connectivity index (χ2n) is 6.62. The summed E-state index contributed by atoms with van der Waals surface area (Å²) in [5.41, 5.74) is 1.45. The number of rotatable bonds is 6. The number of alkyl halides is 3. The molecule has 0 aliphatic carbocycles. The summed E-state index contributed by atoms with van der Waals surface area (Å²) in [4.78, 5) is 16.8. The molecule has 0 spiro atoms. The second kappa shape index (κ2) is 11.4. The van der Waals surface area contributed by atoms with Crippen molar-refractivity contribution in [2.75, 3.05) is 39.1 Å². The van der Waals surface area contributed by atoms with Gasteiger partial charge in [0.25, 0.3) is 0 Å². The Labute approximate surface area is 185 Å². The number of aliphatic imine (C=N–C) groups is 1. The minimum Gasteiger partial charge on any atom is -0.495 e. The van der Waals surface area contributed by atoms with Gasteiger partial charge >= 0.3 is 6.18 Å². The van der Waals surface area contributed by atoms with Crippen molar-refractivity contribution in [3.8, 4) is 5.75 Å². The van der Waals surface area contributed by atoms with Crippen LogP contribution in [0.3, 0.4) is 0 Å². The Bertz CT molecular complexity index is 715. The van der Waals surface area contributed by atoms with Crippen LogP contribution in [0.25, 0.3) is 0 Å². The Kier molecular flexibility index (Phi) is 9.96. The molecule has 0 saturated carbocycles. The fraction of sp³-hybridized carbons (Fsp3) is 0.556. The van der Waals surface area contributed by atoms with Gasteiger partial charge in [-0.25, -0.2) is 0 Å². The SMILES string of the molecule is CN=C(NCc1ccc(OC)c(NC(C)=O)c1)NC1CCN(CC(F)(F)F)C1.I. The molecule has 0 bridgehead atoms. The summed E-state index contributed by atoms with van der Waals surface area (Å²) in [6.07, 6.45) is -3.57. The number of anilines is 1. The average Bonchev–Trinajstić information content (AvgIpc) is 3.03. The molecule has 11 heteroatoms. The summed E-state index contributed by atoms with van der Waals surface area (Å²) in [6, 6.07) is 5.30. The van der Waals surface area contributed by atoms with Crippen LogP contribution in [-0.4, -0.2) is 62.8 Å². The largest absolute Gasteiger partial charge is 0.495 e. The summed E-state index contributed by atoms with van der Waals surface area (Å²) in [7, 11) is 3.13. The van der Waals surface area contributed by atoms with Crippen molar-refractivity contribution in [1.29, 1.82) is 0 Å². The quantitative estimate of drug-likeness (QED) is 0.300. The van der Waals surface area contributed by atoms with E-state index in [9.17, 15) is 18.0 Å². The number of guanidine groups is 1. The number of nitrogens with one attached hydrogen (secondary N) is 3. The van der Waals surface area contributed by atoms with E-state index in [-0.39, 0.29) is 35.9 Å². The normalized spacial score (nSPS) is 17.4. The fourth-order valence-electron chi connectivity index (χ4n) is 3.07. The third-order valence-electron chi connectivity index (χ3n) is 4.27. The van der Waals surface area contributed by atoms with Crippen LogP contribution in [0, 0.1) is 0 Å². The van der Waals surface area contributed by atoms with Crippen LogP contribution in [-0.2, 0) is 11.3 Å². The van der Waals surface area contributed by atoms with E-state index in [1.807, 2.05) is 6.07 Å². The van der Waals surface area contributed by atoms with Crippen LogP contribution in [0.4, 0.5) is 18.9 Å². The highest BCUT2D eigenvalue weighted by molar-refractivity contribution is 14.0. The summed E-state index contributed by atoms with van der Waals surface area (Å²) in [5.74, 6) is 0.860. The molecule has 1 amide bonds. The molecule has 1 aliphatic heterocycles. The average molecular weight is 529 g/mol. The van der Waals surface area contributed by atoms with E-state index in [1.54, 1.807) is 19.2 Å². The van der Waals surface area contributed by atoms with Gasteiger partial charge in [0, 0.05) is 39.6 Å². The molecule has 1 aliphatic rings. The summed E-state index contributed by atoms with van der Waals surface area (Å²) in [5, 5.41) is 9.01. The first-order valence-corrected chi connectivity index (χ1v) is 8.91. The van der Waals surface area contributed by atoms with Crippen molar-refractivity contribution in [1.82, 2.24) is 15.5 Å². The van der Waals surface area contributed by atoms with Crippen molar-refractivity contribution >= 4 is 41.5 Å². The third kappa shape index (κ3) is 8.64. The summed E-state index contributed by atoms with van der Waals surface area (Å²) < 4.78 is 42.7. The van der Waals surface area contributed by atoms with Gasteiger partial charge in [-0.05, 0) is 24.1 Å². The van der Waals surface area contributed by atoms with Crippen LogP contribution in [0.2, 0.25) is 0 Å². The van der Waals surface area contributed by atoms with E-state index in [2.05, 4.69) is 20.9 Å². The topological polar surface area (TPSA) is 78.0 Å². The number of nitrogens with zero attached hydrogens (tertiary/aromatic N) is 2. The number of carbonyl (C=O) groups excluding carboxylic acids is 1. The minimum atomic E-state index is -4.19. The predicted octanol–water partition coefficient (Wildman–Crippen LogP) is 2.57. The first-order chi connectivity index (χ1) is 13.2. The van der Waals surface area contributed by atoms with Gasteiger partial charge in [-0.2, -0.15) is 13.2 Å². The summed E-state index contributed by atoms with van der Waals surface area (Å²) in [6.45, 7) is 1.66. The van der Waals surface area contributed by atoms with Crippen molar-refractivity contribution in [2.45, 2.75) is 32.1 Å². The molecular weight excluding hydrogens is 502 g/mol. The van der Waals surface area contributed by atoms with Gasteiger partial charge < -0.3 is 20.7 Å². The van der Waals surface area contributed by atoms with Gasteiger partial charge in [0.15, 0.2) is 5.96 Å². The molecule has 1 heterocycles. The van der Waals surface area contributed by atoms with Crippen LogP contribution < -0.4 is 20.7 Å². The molecular formula is C18H27F3IN5O2. The summed E-state index contributed by atoms with van der Waals surface area (Å²) >= 11 is 0. The molecule has 29 heavy (non-hydrogen) atoms. The molecule has 0 radical (unpaired) electrons. The number of hydrogen-bond donors (Lipinski definition) is 3.